The van der Waals surface area contributed by atoms with Gasteiger partial charge in [0.15, 0.2) is 11.5 Å². The Morgan fingerprint density at radius 3 is 2.26 bits per heavy atom. The monoisotopic (exact) mass is 509 g/mol. The summed E-state index contributed by atoms with van der Waals surface area (Å²) in [5.74, 6) is -0.527. The van der Waals surface area contributed by atoms with Gasteiger partial charge in [0.1, 0.15) is 0 Å². The lowest BCUT2D eigenvalue weighted by Crippen LogP contribution is -2.06. The average molecular weight is 510 g/mol. The van der Waals surface area contributed by atoms with E-state index in [0.29, 0.717) is 23.4 Å². The van der Waals surface area contributed by atoms with Gasteiger partial charge in [-0.1, -0.05) is 11.6 Å². The summed E-state index contributed by atoms with van der Waals surface area (Å²) in [6.45, 7) is 1.82. The van der Waals surface area contributed by atoms with Gasteiger partial charge in [0.05, 0.1) is 32.7 Å². The van der Waals surface area contributed by atoms with Crippen LogP contribution < -0.4 is 9.47 Å². The van der Waals surface area contributed by atoms with Gasteiger partial charge in [0.2, 0.25) is 5.75 Å². The van der Waals surface area contributed by atoms with Gasteiger partial charge in [-0.2, -0.15) is 13.2 Å². The molecule has 0 saturated heterocycles. The predicted molar refractivity (Wildman–Crippen MR) is 121 cm³/mol. The predicted octanol–water partition coefficient (Wildman–Crippen LogP) is 7.12. The topological polar surface area (TPSA) is 117 Å². The molecule has 0 aromatic heterocycles. The molecule has 0 bridgehead atoms. The van der Waals surface area contributed by atoms with Crippen LogP contribution >= 0.6 is 11.6 Å². The molecule has 0 spiro atoms. The number of hydrogen-bond acceptors (Lipinski definition) is 7. The Hall–Kier alpha value is -4.19. The minimum Gasteiger partial charge on any atom is -0.490 e. The number of alkyl halides is 3. The quantitative estimate of drug-likeness (QED) is 0.181. The number of nitro benzene ring substituents is 2. The fraction of sp³-hybridized carbons (Fsp3) is 0.136. The van der Waals surface area contributed by atoms with Crippen LogP contribution in [0, 0.1) is 20.2 Å². The maximum atomic E-state index is 13.0. The lowest BCUT2D eigenvalue weighted by Gasteiger charge is -2.15. The Bertz CT molecular complexity index is 1300. The Morgan fingerprint density at radius 2 is 1.69 bits per heavy atom. The van der Waals surface area contributed by atoms with E-state index in [0.717, 1.165) is 6.07 Å². The minimum atomic E-state index is -4.78. The zero-order valence-electron chi connectivity index (χ0n) is 17.8. The molecule has 35 heavy (non-hydrogen) atoms. The maximum absolute atomic E-state index is 13.0. The third kappa shape index (κ3) is 6.23. The van der Waals surface area contributed by atoms with Gasteiger partial charge in [0.25, 0.3) is 5.69 Å². The van der Waals surface area contributed by atoms with Gasteiger partial charge in [-0.25, -0.2) is 0 Å². The maximum Gasteiger partial charge on any atom is 0.416 e. The molecule has 0 amide bonds. The van der Waals surface area contributed by atoms with Crippen LogP contribution in [0.1, 0.15) is 18.1 Å². The first kappa shape index (κ1) is 25.4. The van der Waals surface area contributed by atoms with Crippen molar-refractivity contribution in [3.63, 3.8) is 0 Å². The number of rotatable bonds is 8. The van der Waals surface area contributed by atoms with Gasteiger partial charge in [-0.3, -0.25) is 25.2 Å². The highest BCUT2D eigenvalue weighted by Gasteiger charge is 2.33. The van der Waals surface area contributed by atoms with Crippen molar-refractivity contribution in [2.45, 2.75) is 13.1 Å². The summed E-state index contributed by atoms with van der Waals surface area (Å²) in [6, 6.07) is 10.2. The number of nitrogens with zero attached hydrogens (tertiary/aromatic N) is 3. The molecule has 0 atom stereocenters. The minimum absolute atomic E-state index is 0.0460. The molecule has 182 valence electrons. The van der Waals surface area contributed by atoms with E-state index in [-0.39, 0.29) is 28.8 Å². The van der Waals surface area contributed by atoms with Crippen molar-refractivity contribution in [3.05, 3.63) is 91.0 Å². The van der Waals surface area contributed by atoms with Crippen LogP contribution in [0.3, 0.4) is 0 Å². The number of halogens is 4. The number of ether oxygens (including phenoxy) is 2. The second-order valence-corrected chi connectivity index (χ2v) is 7.24. The summed E-state index contributed by atoms with van der Waals surface area (Å²) in [6.07, 6.45) is -3.37. The smallest absolute Gasteiger partial charge is 0.416 e. The van der Waals surface area contributed by atoms with Crippen molar-refractivity contribution < 1.29 is 32.5 Å². The fourth-order valence-corrected chi connectivity index (χ4v) is 3.12. The molecule has 0 saturated carbocycles. The Morgan fingerprint density at radius 1 is 1.00 bits per heavy atom. The molecular weight excluding hydrogens is 495 g/mol. The number of nitro groups is 2. The summed E-state index contributed by atoms with van der Waals surface area (Å²) in [4.78, 5) is 24.8. The van der Waals surface area contributed by atoms with E-state index in [2.05, 4.69) is 4.99 Å². The highest BCUT2D eigenvalue weighted by atomic mass is 35.5. The summed E-state index contributed by atoms with van der Waals surface area (Å²) in [7, 11) is 0. The van der Waals surface area contributed by atoms with E-state index in [1.807, 2.05) is 0 Å². The molecule has 13 heteroatoms. The first-order valence-corrected chi connectivity index (χ1v) is 10.2. The zero-order valence-corrected chi connectivity index (χ0v) is 18.5. The van der Waals surface area contributed by atoms with Gasteiger partial charge in [-0.15, -0.1) is 0 Å². The number of hydrogen-bond donors (Lipinski definition) is 0. The average Bonchev–Trinajstić information content (AvgIpc) is 2.79. The Labute approximate surface area is 200 Å². The molecule has 0 heterocycles. The van der Waals surface area contributed by atoms with E-state index in [1.54, 1.807) is 6.92 Å². The van der Waals surface area contributed by atoms with Crippen LogP contribution in [0.2, 0.25) is 5.02 Å². The van der Waals surface area contributed by atoms with Crippen molar-refractivity contribution in [1.82, 2.24) is 0 Å². The standard InChI is InChI=1S/C22H15ClF3N3O6/c1-2-34-20-10-13(12-27-15-4-6-16(7-5-15)28(30)31)9-17(23)21(20)35-19-8-3-14(22(24,25)26)11-18(19)29(32)33/h3-12H,2H2,1H3. The molecule has 0 aliphatic carbocycles. The molecule has 0 N–H and O–H groups in total. The molecule has 3 aromatic rings. The lowest BCUT2D eigenvalue weighted by atomic mass is 10.1. The first-order chi connectivity index (χ1) is 16.5. The normalized spacial score (nSPS) is 11.5. The van der Waals surface area contributed by atoms with E-state index >= 15 is 0 Å². The fourth-order valence-electron chi connectivity index (χ4n) is 2.87. The summed E-state index contributed by atoms with van der Waals surface area (Å²) >= 11 is 6.30. The van der Waals surface area contributed by atoms with E-state index in [1.165, 1.54) is 42.6 Å². The van der Waals surface area contributed by atoms with Crippen molar-refractivity contribution in [3.8, 4) is 17.2 Å². The van der Waals surface area contributed by atoms with Crippen LogP contribution in [-0.4, -0.2) is 22.7 Å². The van der Waals surface area contributed by atoms with E-state index < -0.39 is 33.0 Å². The van der Waals surface area contributed by atoms with E-state index in [9.17, 15) is 33.4 Å². The third-order valence-corrected chi connectivity index (χ3v) is 4.73. The number of aliphatic imine (C=N–C) groups is 1. The van der Waals surface area contributed by atoms with Crippen LogP contribution in [-0.2, 0) is 6.18 Å². The third-order valence-electron chi connectivity index (χ3n) is 4.45. The second-order valence-electron chi connectivity index (χ2n) is 6.83. The molecular formula is C22H15ClF3N3O6. The second kappa shape index (κ2) is 10.4. The van der Waals surface area contributed by atoms with Crippen molar-refractivity contribution in [2.75, 3.05) is 6.61 Å². The Balaban J connectivity index is 1.95. The van der Waals surface area contributed by atoms with Gasteiger partial charge in [-0.05, 0) is 48.9 Å². The molecule has 3 aromatic carbocycles. The number of non-ortho nitro benzene ring substituents is 1. The molecule has 0 aliphatic heterocycles. The van der Waals surface area contributed by atoms with Crippen LogP contribution in [0.4, 0.5) is 30.2 Å². The van der Waals surface area contributed by atoms with Gasteiger partial charge < -0.3 is 9.47 Å². The Kier molecular flexibility index (Phi) is 7.55. The largest absolute Gasteiger partial charge is 0.490 e. The molecule has 9 nitrogen and oxygen atoms in total. The molecule has 0 unspecified atom stereocenters. The van der Waals surface area contributed by atoms with Gasteiger partial charge in [0, 0.05) is 24.4 Å². The van der Waals surface area contributed by atoms with Crippen LogP contribution in [0.5, 0.6) is 17.2 Å². The van der Waals surface area contributed by atoms with Crippen LogP contribution in [0.15, 0.2) is 59.6 Å². The van der Waals surface area contributed by atoms with E-state index in [4.69, 9.17) is 21.1 Å². The summed E-state index contributed by atoms with van der Waals surface area (Å²) < 4.78 is 49.9. The summed E-state index contributed by atoms with van der Waals surface area (Å²) in [5, 5.41) is 22.1. The van der Waals surface area contributed by atoms with Crippen LogP contribution in [0.25, 0.3) is 0 Å². The molecule has 0 radical (unpaired) electrons. The van der Waals surface area contributed by atoms with Crippen molar-refractivity contribution in [1.29, 1.82) is 0 Å². The van der Waals surface area contributed by atoms with Crippen molar-refractivity contribution in [2.24, 2.45) is 4.99 Å². The zero-order chi connectivity index (χ0) is 25.8. The number of benzene rings is 3. The molecule has 0 aliphatic rings. The summed E-state index contributed by atoms with van der Waals surface area (Å²) in [5.41, 5.74) is -1.34. The molecule has 0 fully saturated rings. The lowest BCUT2D eigenvalue weighted by molar-refractivity contribution is -0.385. The molecule has 3 rings (SSSR count). The highest BCUT2D eigenvalue weighted by molar-refractivity contribution is 6.32. The van der Waals surface area contributed by atoms with Crippen molar-refractivity contribution >= 4 is 34.9 Å². The van der Waals surface area contributed by atoms with Gasteiger partial charge >= 0.3 is 11.9 Å². The first-order valence-electron chi connectivity index (χ1n) is 9.78. The highest BCUT2D eigenvalue weighted by Crippen LogP contribution is 2.43. The SMILES string of the molecule is CCOc1cc(C=Nc2ccc([N+](=O)[O-])cc2)cc(Cl)c1Oc1ccc(C(F)(F)F)cc1[N+](=O)[O-].